The van der Waals surface area contributed by atoms with Crippen LogP contribution < -0.4 is 15.0 Å². The fourth-order valence-electron chi connectivity index (χ4n) is 2.65. The van der Waals surface area contributed by atoms with E-state index in [1.165, 1.54) is 0 Å². The summed E-state index contributed by atoms with van der Waals surface area (Å²) in [5.74, 6) is 1.54. The molecule has 8 heteroatoms. The van der Waals surface area contributed by atoms with Crippen molar-refractivity contribution in [1.82, 2.24) is 19.7 Å². The van der Waals surface area contributed by atoms with Gasteiger partial charge in [0, 0.05) is 37.6 Å². The first-order valence-corrected chi connectivity index (χ1v) is 7.54. The largest absolute Gasteiger partial charge is 0.481 e. The van der Waals surface area contributed by atoms with Gasteiger partial charge in [0.05, 0.1) is 7.11 Å². The van der Waals surface area contributed by atoms with E-state index in [0.717, 1.165) is 18.5 Å². The van der Waals surface area contributed by atoms with Crippen LogP contribution in [-0.2, 0) is 11.8 Å². The van der Waals surface area contributed by atoms with Gasteiger partial charge in [-0.1, -0.05) is 0 Å². The standard InChI is InChI=1S/C15H20N6O2/c1-10-9-13(23-3)18-15(16-10)17-11-5-4-7-21(14(11)22)12-6-8-20(2)19-12/h6,8-9,11H,4-5,7H2,1-3H3,(H,16,17,18). The lowest BCUT2D eigenvalue weighted by Crippen LogP contribution is -2.48. The second-order valence-electron chi connectivity index (χ2n) is 5.55. The van der Waals surface area contributed by atoms with E-state index >= 15 is 0 Å². The molecule has 0 bridgehead atoms. The van der Waals surface area contributed by atoms with E-state index in [2.05, 4.69) is 20.4 Å². The summed E-state index contributed by atoms with van der Waals surface area (Å²) in [5, 5.41) is 7.44. The van der Waals surface area contributed by atoms with Crippen LogP contribution in [-0.4, -0.2) is 45.4 Å². The number of nitrogens with zero attached hydrogens (tertiary/aromatic N) is 5. The number of piperidine rings is 1. The lowest BCUT2D eigenvalue weighted by Gasteiger charge is -2.31. The zero-order valence-corrected chi connectivity index (χ0v) is 13.5. The van der Waals surface area contributed by atoms with E-state index in [1.807, 2.05) is 26.2 Å². The first-order chi connectivity index (χ1) is 11.1. The van der Waals surface area contributed by atoms with E-state index in [9.17, 15) is 4.79 Å². The average molecular weight is 316 g/mol. The van der Waals surface area contributed by atoms with E-state index in [-0.39, 0.29) is 11.9 Å². The van der Waals surface area contributed by atoms with Crippen molar-refractivity contribution in [1.29, 1.82) is 0 Å². The Morgan fingerprint density at radius 3 is 2.91 bits per heavy atom. The van der Waals surface area contributed by atoms with Gasteiger partial charge in [-0.05, 0) is 19.8 Å². The maximum atomic E-state index is 12.7. The lowest BCUT2D eigenvalue weighted by molar-refractivity contribution is -0.120. The summed E-state index contributed by atoms with van der Waals surface area (Å²) < 4.78 is 6.83. The number of hydrogen-bond acceptors (Lipinski definition) is 6. The van der Waals surface area contributed by atoms with Gasteiger partial charge in [-0.3, -0.25) is 14.4 Å². The topological polar surface area (TPSA) is 85.2 Å². The number of methoxy groups -OCH3 is 1. The van der Waals surface area contributed by atoms with Crippen LogP contribution in [0, 0.1) is 6.92 Å². The lowest BCUT2D eigenvalue weighted by atomic mass is 10.1. The van der Waals surface area contributed by atoms with Crippen LogP contribution in [0.2, 0.25) is 0 Å². The third kappa shape index (κ3) is 3.25. The quantitative estimate of drug-likeness (QED) is 0.910. The molecule has 23 heavy (non-hydrogen) atoms. The normalized spacial score (nSPS) is 18.1. The fourth-order valence-corrected chi connectivity index (χ4v) is 2.65. The van der Waals surface area contributed by atoms with Gasteiger partial charge in [-0.25, -0.2) is 4.98 Å². The summed E-state index contributed by atoms with van der Waals surface area (Å²) in [5.41, 5.74) is 0.782. The van der Waals surface area contributed by atoms with Crippen LogP contribution in [0.15, 0.2) is 18.3 Å². The number of aromatic nitrogens is 4. The Hall–Kier alpha value is -2.64. The van der Waals surface area contributed by atoms with Crippen molar-refractivity contribution >= 4 is 17.7 Å². The molecule has 122 valence electrons. The smallest absolute Gasteiger partial charge is 0.250 e. The molecule has 1 atom stereocenters. The molecule has 1 amide bonds. The number of nitrogens with one attached hydrogen (secondary N) is 1. The molecule has 0 saturated carbocycles. The van der Waals surface area contributed by atoms with Crippen LogP contribution in [0.3, 0.4) is 0 Å². The van der Waals surface area contributed by atoms with Gasteiger partial charge in [-0.2, -0.15) is 10.1 Å². The number of hydrogen-bond donors (Lipinski definition) is 1. The Balaban J connectivity index is 1.77. The minimum atomic E-state index is -0.364. The number of anilines is 2. The van der Waals surface area contributed by atoms with Crippen molar-refractivity contribution < 1.29 is 9.53 Å². The Morgan fingerprint density at radius 1 is 1.39 bits per heavy atom. The molecule has 1 saturated heterocycles. The Morgan fingerprint density at radius 2 is 2.22 bits per heavy atom. The van der Waals surface area contributed by atoms with Crippen molar-refractivity contribution in [3.05, 3.63) is 24.0 Å². The second kappa shape index (κ2) is 6.23. The molecule has 0 aliphatic carbocycles. The molecule has 2 aromatic rings. The predicted octanol–water partition coefficient (Wildman–Crippen LogP) is 1.13. The molecular weight excluding hydrogens is 296 g/mol. The predicted molar refractivity (Wildman–Crippen MR) is 85.5 cm³/mol. The zero-order chi connectivity index (χ0) is 16.4. The minimum absolute atomic E-state index is 0.0148. The Labute approximate surface area is 134 Å². The van der Waals surface area contributed by atoms with Gasteiger partial charge >= 0.3 is 0 Å². The summed E-state index contributed by atoms with van der Waals surface area (Å²) in [7, 11) is 3.39. The van der Waals surface area contributed by atoms with Crippen LogP contribution in [0.25, 0.3) is 0 Å². The van der Waals surface area contributed by atoms with E-state index in [1.54, 1.807) is 22.8 Å². The third-order valence-electron chi connectivity index (χ3n) is 3.76. The Kier molecular flexibility index (Phi) is 4.14. The van der Waals surface area contributed by atoms with Crippen LogP contribution in [0.1, 0.15) is 18.5 Å². The van der Waals surface area contributed by atoms with Crippen molar-refractivity contribution in [2.75, 3.05) is 23.9 Å². The van der Waals surface area contributed by atoms with Crippen molar-refractivity contribution in [2.24, 2.45) is 7.05 Å². The molecule has 1 unspecified atom stereocenters. The van der Waals surface area contributed by atoms with Gasteiger partial charge < -0.3 is 10.1 Å². The average Bonchev–Trinajstić information content (AvgIpc) is 2.95. The van der Waals surface area contributed by atoms with E-state index in [0.29, 0.717) is 24.2 Å². The van der Waals surface area contributed by atoms with Crippen LogP contribution in [0.5, 0.6) is 5.88 Å². The fraction of sp³-hybridized carbons (Fsp3) is 0.467. The van der Waals surface area contributed by atoms with Crippen LogP contribution in [0.4, 0.5) is 11.8 Å². The number of carbonyl (C=O) groups is 1. The summed E-state index contributed by atoms with van der Waals surface area (Å²) in [4.78, 5) is 23.0. The summed E-state index contributed by atoms with van der Waals surface area (Å²) >= 11 is 0. The molecule has 1 aliphatic rings. The van der Waals surface area contributed by atoms with Crippen molar-refractivity contribution in [3.63, 3.8) is 0 Å². The molecule has 3 heterocycles. The van der Waals surface area contributed by atoms with E-state index in [4.69, 9.17) is 4.74 Å². The highest BCUT2D eigenvalue weighted by molar-refractivity contribution is 5.98. The van der Waals surface area contributed by atoms with Gasteiger partial charge in [-0.15, -0.1) is 0 Å². The molecule has 1 fully saturated rings. The number of ether oxygens (including phenoxy) is 1. The molecule has 1 N–H and O–H groups in total. The number of aryl methyl sites for hydroxylation is 2. The monoisotopic (exact) mass is 316 g/mol. The highest BCUT2D eigenvalue weighted by atomic mass is 16.5. The second-order valence-corrected chi connectivity index (χ2v) is 5.55. The summed E-state index contributed by atoms with van der Waals surface area (Å²) in [6, 6.07) is 3.22. The Bertz CT molecular complexity index is 714. The molecule has 1 aliphatic heterocycles. The van der Waals surface area contributed by atoms with Crippen LogP contribution >= 0.6 is 0 Å². The van der Waals surface area contributed by atoms with Crippen molar-refractivity contribution in [2.45, 2.75) is 25.8 Å². The maximum Gasteiger partial charge on any atom is 0.250 e. The van der Waals surface area contributed by atoms with Gasteiger partial charge in [0.25, 0.3) is 5.91 Å². The van der Waals surface area contributed by atoms with Gasteiger partial charge in [0.1, 0.15) is 6.04 Å². The highest BCUT2D eigenvalue weighted by Gasteiger charge is 2.31. The summed E-state index contributed by atoms with van der Waals surface area (Å²) in [6.45, 7) is 2.53. The SMILES string of the molecule is COc1cc(C)nc(NC2CCCN(c3ccn(C)n3)C2=O)n1. The van der Waals surface area contributed by atoms with Gasteiger partial charge in [0.2, 0.25) is 11.8 Å². The molecule has 0 radical (unpaired) electrons. The minimum Gasteiger partial charge on any atom is -0.481 e. The number of rotatable bonds is 4. The first kappa shape index (κ1) is 15.3. The summed E-state index contributed by atoms with van der Waals surface area (Å²) in [6.07, 6.45) is 3.46. The molecular formula is C15H20N6O2. The molecule has 3 rings (SSSR count). The molecule has 0 spiro atoms. The third-order valence-corrected chi connectivity index (χ3v) is 3.76. The zero-order valence-electron chi connectivity index (χ0n) is 13.5. The molecule has 2 aromatic heterocycles. The number of carbonyl (C=O) groups excluding carboxylic acids is 1. The van der Waals surface area contributed by atoms with E-state index < -0.39 is 0 Å². The molecule has 0 aromatic carbocycles. The van der Waals surface area contributed by atoms with Gasteiger partial charge in [0.15, 0.2) is 5.82 Å². The van der Waals surface area contributed by atoms with Crippen molar-refractivity contribution in [3.8, 4) is 5.88 Å². The maximum absolute atomic E-state index is 12.7. The number of amides is 1. The highest BCUT2D eigenvalue weighted by Crippen LogP contribution is 2.21. The first-order valence-electron chi connectivity index (χ1n) is 7.54. The molecule has 8 nitrogen and oxygen atoms in total.